The van der Waals surface area contributed by atoms with Gasteiger partial charge in [0, 0.05) is 12.6 Å². The highest BCUT2D eigenvalue weighted by Crippen LogP contribution is 2.29. The Labute approximate surface area is 99.0 Å². The van der Waals surface area contributed by atoms with Crippen molar-refractivity contribution in [3.8, 4) is 0 Å². The Morgan fingerprint density at radius 2 is 2.00 bits per heavy atom. The van der Waals surface area contributed by atoms with Gasteiger partial charge in [0.1, 0.15) is 0 Å². The fourth-order valence-electron chi connectivity index (χ4n) is 3.30. The molecule has 16 heavy (non-hydrogen) atoms. The first-order valence-electron chi connectivity index (χ1n) is 6.84. The first-order chi connectivity index (χ1) is 7.72. The molecule has 2 fully saturated rings. The van der Waals surface area contributed by atoms with Gasteiger partial charge in [-0.2, -0.15) is 0 Å². The quantitative estimate of drug-likeness (QED) is 0.744. The molecule has 0 spiro atoms. The van der Waals surface area contributed by atoms with Crippen LogP contribution in [0, 0.1) is 11.8 Å². The first-order valence-corrected chi connectivity index (χ1v) is 6.84. The van der Waals surface area contributed by atoms with Crippen LogP contribution in [0.4, 0.5) is 0 Å². The van der Waals surface area contributed by atoms with Gasteiger partial charge in [0.2, 0.25) is 0 Å². The van der Waals surface area contributed by atoms with E-state index in [1.165, 1.54) is 25.7 Å². The van der Waals surface area contributed by atoms with Crippen LogP contribution in [0.25, 0.3) is 0 Å². The topological polar surface area (TPSA) is 49.5 Å². The molecule has 0 amide bonds. The number of nitrogens with two attached hydrogens (primary N) is 1. The number of piperidine rings is 1. The van der Waals surface area contributed by atoms with Crippen LogP contribution in [0.1, 0.15) is 39.0 Å². The second-order valence-corrected chi connectivity index (χ2v) is 5.68. The molecule has 0 radical (unpaired) electrons. The lowest BCUT2D eigenvalue weighted by molar-refractivity contribution is -0.00893. The normalized spacial score (nSPS) is 42.2. The maximum Gasteiger partial charge on any atom is 0.0695 e. The fraction of sp³-hybridized carbons (Fsp3) is 1.00. The van der Waals surface area contributed by atoms with E-state index in [4.69, 9.17) is 5.73 Å². The maximum atomic E-state index is 10.1. The molecule has 1 heterocycles. The van der Waals surface area contributed by atoms with E-state index in [9.17, 15) is 5.11 Å². The Hall–Kier alpha value is -0.120. The molecule has 4 unspecified atom stereocenters. The molecule has 0 bridgehead atoms. The molecule has 3 heteroatoms. The summed E-state index contributed by atoms with van der Waals surface area (Å²) in [6.45, 7) is 5.35. The molecule has 1 saturated heterocycles. The molecule has 1 aliphatic heterocycles. The van der Waals surface area contributed by atoms with Crippen LogP contribution in [0.15, 0.2) is 0 Å². The molecular formula is C13H26N2O. The van der Waals surface area contributed by atoms with E-state index in [2.05, 4.69) is 11.8 Å². The van der Waals surface area contributed by atoms with Gasteiger partial charge in [-0.05, 0) is 44.2 Å². The summed E-state index contributed by atoms with van der Waals surface area (Å²) in [6, 6.07) is 0.412. The lowest BCUT2D eigenvalue weighted by Gasteiger charge is -2.44. The van der Waals surface area contributed by atoms with Gasteiger partial charge in [0.05, 0.1) is 6.10 Å². The van der Waals surface area contributed by atoms with Crippen LogP contribution in [-0.4, -0.2) is 41.8 Å². The Morgan fingerprint density at radius 3 is 2.69 bits per heavy atom. The highest BCUT2D eigenvalue weighted by Gasteiger charge is 2.33. The molecule has 0 aromatic heterocycles. The number of aliphatic hydroxyl groups excluding tert-OH is 1. The summed E-state index contributed by atoms with van der Waals surface area (Å²) in [5, 5.41) is 10.1. The average Bonchev–Trinajstić information content (AvgIpc) is 2.31. The van der Waals surface area contributed by atoms with Gasteiger partial charge in [-0.25, -0.2) is 0 Å². The van der Waals surface area contributed by atoms with Crippen molar-refractivity contribution in [1.29, 1.82) is 0 Å². The SMILES string of the molecule is CC1CCN(C2CCCCC2O)CC1CN. The molecule has 3 nitrogen and oxygen atoms in total. The van der Waals surface area contributed by atoms with Crippen LogP contribution in [0.5, 0.6) is 0 Å². The van der Waals surface area contributed by atoms with Crippen LogP contribution in [-0.2, 0) is 0 Å². The molecule has 2 aliphatic rings. The molecular weight excluding hydrogens is 200 g/mol. The van der Waals surface area contributed by atoms with E-state index < -0.39 is 0 Å². The second-order valence-electron chi connectivity index (χ2n) is 5.68. The minimum absolute atomic E-state index is 0.0967. The first kappa shape index (κ1) is 12.3. The third-order valence-electron chi connectivity index (χ3n) is 4.61. The van der Waals surface area contributed by atoms with Crippen molar-refractivity contribution in [2.75, 3.05) is 19.6 Å². The highest BCUT2D eigenvalue weighted by molar-refractivity contribution is 4.88. The van der Waals surface area contributed by atoms with Crippen molar-refractivity contribution >= 4 is 0 Å². The molecule has 1 aliphatic carbocycles. The number of hydrogen-bond acceptors (Lipinski definition) is 3. The molecule has 3 N–H and O–H groups in total. The van der Waals surface area contributed by atoms with Crippen LogP contribution in [0.3, 0.4) is 0 Å². The zero-order valence-corrected chi connectivity index (χ0v) is 10.4. The summed E-state index contributed by atoms with van der Waals surface area (Å²) in [4.78, 5) is 2.50. The van der Waals surface area contributed by atoms with Crippen molar-refractivity contribution in [3.63, 3.8) is 0 Å². The predicted molar refractivity (Wildman–Crippen MR) is 66.2 cm³/mol. The van der Waals surface area contributed by atoms with Crippen molar-refractivity contribution in [2.45, 2.75) is 51.2 Å². The third kappa shape index (κ3) is 2.58. The van der Waals surface area contributed by atoms with E-state index in [0.717, 1.165) is 32.0 Å². The van der Waals surface area contributed by atoms with Crippen LogP contribution in [0.2, 0.25) is 0 Å². The van der Waals surface area contributed by atoms with Crippen molar-refractivity contribution < 1.29 is 5.11 Å². The van der Waals surface area contributed by atoms with Gasteiger partial charge in [0.15, 0.2) is 0 Å². The Bertz CT molecular complexity index is 222. The largest absolute Gasteiger partial charge is 0.391 e. The lowest BCUT2D eigenvalue weighted by Crippen LogP contribution is -2.52. The molecule has 4 atom stereocenters. The van der Waals surface area contributed by atoms with Crippen LogP contribution >= 0.6 is 0 Å². The number of rotatable bonds is 2. The van der Waals surface area contributed by atoms with E-state index >= 15 is 0 Å². The Morgan fingerprint density at radius 1 is 1.25 bits per heavy atom. The molecule has 2 rings (SSSR count). The van der Waals surface area contributed by atoms with Gasteiger partial charge in [0.25, 0.3) is 0 Å². The smallest absolute Gasteiger partial charge is 0.0695 e. The number of nitrogens with zero attached hydrogens (tertiary/aromatic N) is 1. The second kappa shape index (κ2) is 5.48. The zero-order valence-electron chi connectivity index (χ0n) is 10.4. The van der Waals surface area contributed by atoms with Gasteiger partial charge in [-0.3, -0.25) is 4.90 Å². The number of likely N-dealkylation sites (tertiary alicyclic amines) is 1. The van der Waals surface area contributed by atoms with E-state index in [1.54, 1.807) is 0 Å². The highest BCUT2D eigenvalue weighted by atomic mass is 16.3. The summed E-state index contributed by atoms with van der Waals surface area (Å²) in [5.74, 6) is 1.38. The van der Waals surface area contributed by atoms with Gasteiger partial charge in [-0.15, -0.1) is 0 Å². The standard InChI is InChI=1S/C13H26N2O/c1-10-6-7-15(9-11(10)8-14)12-4-2-3-5-13(12)16/h10-13,16H,2-9,14H2,1H3. The van der Waals surface area contributed by atoms with E-state index in [1.807, 2.05) is 0 Å². The summed E-state index contributed by atoms with van der Waals surface area (Å²) in [7, 11) is 0. The molecule has 1 saturated carbocycles. The van der Waals surface area contributed by atoms with Crippen LogP contribution < -0.4 is 5.73 Å². The number of aliphatic hydroxyl groups is 1. The average molecular weight is 226 g/mol. The van der Waals surface area contributed by atoms with Crippen molar-refractivity contribution in [2.24, 2.45) is 17.6 Å². The Balaban J connectivity index is 1.93. The molecule has 0 aromatic carbocycles. The number of hydrogen-bond donors (Lipinski definition) is 2. The summed E-state index contributed by atoms with van der Waals surface area (Å²) in [5.41, 5.74) is 5.83. The molecule has 0 aromatic rings. The van der Waals surface area contributed by atoms with E-state index in [-0.39, 0.29) is 6.10 Å². The zero-order chi connectivity index (χ0) is 11.5. The lowest BCUT2D eigenvalue weighted by atomic mass is 9.83. The summed E-state index contributed by atoms with van der Waals surface area (Å²) >= 11 is 0. The molecule has 94 valence electrons. The maximum absolute atomic E-state index is 10.1. The monoisotopic (exact) mass is 226 g/mol. The van der Waals surface area contributed by atoms with Crippen molar-refractivity contribution in [1.82, 2.24) is 4.90 Å². The van der Waals surface area contributed by atoms with Gasteiger partial charge < -0.3 is 10.8 Å². The third-order valence-corrected chi connectivity index (χ3v) is 4.61. The van der Waals surface area contributed by atoms with Crippen molar-refractivity contribution in [3.05, 3.63) is 0 Å². The van der Waals surface area contributed by atoms with Gasteiger partial charge >= 0.3 is 0 Å². The summed E-state index contributed by atoms with van der Waals surface area (Å²) in [6.07, 6.45) is 5.78. The minimum Gasteiger partial charge on any atom is -0.391 e. The fourth-order valence-corrected chi connectivity index (χ4v) is 3.30. The summed E-state index contributed by atoms with van der Waals surface area (Å²) < 4.78 is 0. The predicted octanol–water partition coefficient (Wildman–Crippen LogP) is 1.21. The van der Waals surface area contributed by atoms with E-state index in [0.29, 0.717) is 12.0 Å². The Kier molecular flexibility index (Phi) is 4.22. The van der Waals surface area contributed by atoms with Gasteiger partial charge in [-0.1, -0.05) is 19.8 Å². The minimum atomic E-state index is -0.0967.